The van der Waals surface area contributed by atoms with Crippen molar-refractivity contribution in [3.8, 4) is 0 Å². The molecule has 1 aliphatic heterocycles. The zero-order chi connectivity index (χ0) is 23.9. The van der Waals surface area contributed by atoms with E-state index in [1.807, 2.05) is 4.90 Å². The summed E-state index contributed by atoms with van der Waals surface area (Å²) in [7, 11) is 0. The summed E-state index contributed by atoms with van der Waals surface area (Å²) in [6.07, 6.45) is -5.89. The molecule has 0 atom stereocenters. The highest BCUT2D eigenvalue weighted by atomic mass is 19.4. The van der Waals surface area contributed by atoms with Gasteiger partial charge in [-0.1, -0.05) is 0 Å². The normalized spacial score (nSPS) is 18.9. The minimum Gasteiger partial charge on any atom is -0.352 e. The van der Waals surface area contributed by atoms with Crippen LogP contribution in [0.4, 0.5) is 26.3 Å². The Kier molecular flexibility index (Phi) is 6.52. The zero-order valence-electron chi connectivity index (χ0n) is 17.7. The second-order valence-corrected chi connectivity index (χ2v) is 9.43. The maximum Gasteiger partial charge on any atom is 0.416 e. The molecule has 1 aromatic carbocycles. The smallest absolute Gasteiger partial charge is 0.352 e. The topological polar surface area (TPSA) is 61.4 Å². The Morgan fingerprint density at radius 2 is 1.78 bits per heavy atom. The fraction of sp³-hybridized carbons (Fsp3) is 0.619. The third kappa shape index (κ3) is 5.54. The van der Waals surface area contributed by atoms with E-state index in [4.69, 9.17) is 0 Å². The lowest BCUT2D eigenvalue weighted by atomic mass is 9.57. The van der Waals surface area contributed by atoms with E-state index in [-0.39, 0.29) is 30.0 Å². The summed E-state index contributed by atoms with van der Waals surface area (Å²) in [6, 6.07) is 1.71. The van der Waals surface area contributed by atoms with Crippen molar-refractivity contribution in [1.82, 2.24) is 15.5 Å². The molecule has 0 unspecified atom stereocenters. The molecule has 0 radical (unpaired) electrons. The number of rotatable bonds is 7. The van der Waals surface area contributed by atoms with E-state index in [9.17, 15) is 35.9 Å². The van der Waals surface area contributed by atoms with Gasteiger partial charge >= 0.3 is 6.18 Å². The van der Waals surface area contributed by atoms with Crippen LogP contribution in [0.1, 0.15) is 42.6 Å². The summed E-state index contributed by atoms with van der Waals surface area (Å²) in [4.78, 5) is 25.9. The number of alkyl halides is 5. The molecule has 1 heterocycles. The number of amides is 2. The van der Waals surface area contributed by atoms with Crippen LogP contribution in [-0.2, 0) is 11.0 Å². The van der Waals surface area contributed by atoms with E-state index in [2.05, 4.69) is 10.6 Å². The number of hydrogen-bond donors (Lipinski definition) is 2. The Bertz CT molecular complexity index is 873. The lowest BCUT2D eigenvalue weighted by Crippen LogP contribution is -2.65. The first-order valence-electron chi connectivity index (χ1n) is 10.2. The van der Waals surface area contributed by atoms with E-state index in [1.54, 1.807) is 0 Å². The summed E-state index contributed by atoms with van der Waals surface area (Å²) in [5.41, 5.74) is -3.20. The van der Waals surface area contributed by atoms with Crippen LogP contribution < -0.4 is 10.6 Å². The highest BCUT2D eigenvalue weighted by molar-refractivity contribution is 5.94. The molecular weight excluding hydrogens is 440 g/mol. The van der Waals surface area contributed by atoms with Gasteiger partial charge in [0.1, 0.15) is 5.82 Å². The van der Waals surface area contributed by atoms with Crippen LogP contribution in [0.3, 0.4) is 0 Å². The molecule has 2 fully saturated rings. The minimum absolute atomic E-state index is 0.0101. The number of nitrogens with one attached hydrogen (secondary N) is 2. The van der Waals surface area contributed by atoms with Crippen LogP contribution in [0.25, 0.3) is 0 Å². The molecule has 178 valence electrons. The van der Waals surface area contributed by atoms with Gasteiger partial charge in [0.2, 0.25) is 5.91 Å². The highest BCUT2D eigenvalue weighted by Crippen LogP contribution is 2.51. The van der Waals surface area contributed by atoms with E-state index >= 15 is 0 Å². The van der Waals surface area contributed by atoms with Crippen molar-refractivity contribution < 1.29 is 35.9 Å². The van der Waals surface area contributed by atoms with Crippen molar-refractivity contribution in [1.29, 1.82) is 0 Å². The van der Waals surface area contributed by atoms with Gasteiger partial charge in [0, 0.05) is 25.2 Å². The van der Waals surface area contributed by atoms with Gasteiger partial charge in [-0.3, -0.25) is 14.5 Å². The molecule has 5 nitrogen and oxygen atoms in total. The summed E-state index contributed by atoms with van der Waals surface area (Å²) < 4.78 is 77.5. The molecule has 2 N–H and O–H groups in total. The van der Waals surface area contributed by atoms with Gasteiger partial charge in [0.15, 0.2) is 0 Å². The van der Waals surface area contributed by atoms with Gasteiger partial charge < -0.3 is 10.6 Å². The molecule has 1 saturated heterocycles. The van der Waals surface area contributed by atoms with Gasteiger partial charge in [0.25, 0.3) is 12.3 Å². The predicted octanol–water partition coefficient (Wildman–Crippen LogP) is 3.45. The fourth-order valence-electron chi connectivity index (χ4n) is 4.46. The summed E-state index contributed by atoms with van der Waals surface area (Å²) in [5, 5.41) is 4.87. The second-order valence-electron chi connectivity index (χ2n) is 9.43. The highest BCUT2D eigenvalue weighted by Gasteiger charge is 2.52. The number of carbonyl (C=O) groups is 2. The van der Waals surface area contributed by atoms with E-state index in [0.29, 0.717) is 25.2 Å². The molecule has 3 rings (SSSR count). The molecule has 0 aromatic heterocycles. The van der Waals surface area contributed by atoms with Gasteiger partial charge in [-0.2, -0.15) is 13.2 Å². The molecule has 1 aromatic rings. The average molecular weight is 465 g/mol. The second kappa shape index (κ2) is 8.57. The standard InChI is InChI=1S/C21H25F6N3O2/c1-19(2,18(23)24)29-16(31)9-30-10-20(11-30)6-12(7-20)8-28-17(32)13-3-14(21(25,26)27)5-15(22)4-13/h3-5,12,18H,6-11H2,1-2H3,(H,28,32)(H,29,31). The largest absolute Gasteiger partial charge is 0.416 e. The minimum atomic E-state index is -4.75. The third-order valence-corrected chi connectivity index (χ3v) is 5.97. The zero-order valence-corrected chi connectivity index (χ0v) is 17.7. The summed E-state index contributed by atoms with van der Waals surface area (Å²) >= 11 is 0. The summed E-state index contributed by atoms with van der Waals surface area (Å²) in [6.45, 7) is 4.07. The van der Waals surface area contributed by atoms with Crippen molar-refractivity contribution in [2.75, 3.05) is 26.2 Å². The van der Waals surface area contributed by atoms with Crippen molar-refractivity contribution in [3.63, 3.8) is 0 Å². The van der Waals surface area contributed by atoms with Crippen LogP contribution in [0, 0.1) is 17.2 Å². The maximum absolute atomic E-state index is 13.5. The molecule has 2 amide bonds. The Morgan fingerprint density at radius 1 is 1.16 bits per heavy atom. The molecule has 1 aliphatic carbocycles. The van der Waals surface area contributed by atoms with Crippen LogP contribution in [0.5, 0.6) is 0 Å². The maximum atomic E-state index is 13.5. The number of likely N-dealkylation sites (tertiary alicyclic amines) is 1. The van der Waals surface area contributed by atoms with Crippen molar-refractivity contribution in [2.45, 2.75) is 44.8 Å². The van der Waals surface area contributed by atoms with Gasteiger partial charge in [-0.25, -0.2) is 13.2 Å². The fourth-order valence-corrected chi connectivity index (χ4v) is 4.46. The first-order chi connectivity index (χ1) is 14.7. The molecular formula is C21H25F6N3O2. The van der Waals surface area contributed by atoms with Crippen molar-refractivity contribution in [3.05, 3.63) is 35.1 Å². The number of benzene rings is 1. The summed E-state index contributed by atoms with van der Waals surface area (Å²) in [5.74, 6) is -2.25. The molecule has 32 heavy (non-hydrogen) atoms. The first kappa shape index (κ1) is 24.3. The lowest BCUT2D eigenvalue weighted by Gasteiger charge is -2.59. The molecule has 0 bridgehead atoms. The van der Waals surface area contributed by atoms with Gasteiger partial charge in [0.05, 0.1) is 17.6 Å². The Morgan fingerprint density at radius 3 is 2.34 bits per heavy atom. The van der Waals surface area contributed by atoms with Crippen molar-refractivity contribution >= 4 is 11.8 Å². The van der Waals surface area contributed by atoms with Gasteiger partial charge in [-0.05, 0) is 56.2 Å². The Labute approximate surface area is 181 Å². The van der Waals surface area contributed by atoms with Crippen molar-refractivity contribution in [2.24, 2.45) is 11.3 Å². The van der Waals surface area contributed by atoms with Crippen LogP contribution in [0.15, 0.2) is 18.2 Å². The van der Waals surface area contributed by atoms with Crippen LogP contribution >= 0.6 is 0 Å². The van der Waals surface area contributed by atoms with Crippen LogP contribution in [0.2, 0.25) is 0 Å². The quantitative estimate of drug-likeness (QED) is 0.607. The third-order valence-electron chi connectivity index (χ3n) is 5.97. The Balaban J connectivity index is 1.40. The Hall–Kier alpha value is -2.30. The number of hydrogen-bond acceptors (Lipinski definition) is 3. The molecule has 2 aliphatic rings. The number of nitrogens with zero attached hydrogens (tertiary/aromatic N) is 1. The van der Waals surface area contributed by atoms with E-state index in [0.717, 1.165) is 18.9 Å². The average Bonchev–Trinajstić information content (AvgIpc) is 2.59. The lowest BCUT2D eigenvalue weighted by molar-refractivity contribution is -0.138. The van der Waals surface area contributed by atoms with E-state index < -0.39 is 41.3 Å². The van der Waals surface area contributed by atoms with Crippen LogP contribution in [-0.4, -0.2) is 54.9 Å². The number of carbonyl (C=O) groups excluding carboxylic acids is 2. The monoisotopic (exact) mass is 465 g/mol. The predicted molar refractivity (Wildman–Crippen MR) is 104 cm³/mol. The van der Waals surface area contributed by atoms with E-state index in [1.165, 1.54) is 13.8 Å². The number of halogens is 6. The SMILES string of the molecule is CC(C)(NC(=O)CN1CC2(CC(CNC(=O)c3cc(F)cc(C(F)(F)F)c3)C2)C1)C(F)F. The molecule has 1 spiro atoms. The molecule has 11 heteroatoms. The molecule has 1 saturated carbocycles. The first-order valence-corrected chi connectivity index (χ1v) is 10.2. The van der Waals surface area contributed by atoms with Gasteiger partial charge in [-0.15, -0.1) is 0 Å².